The van der Waals surface area contributed by atoms with Crippen molar-refractivity contribution in [2.75, 3.05) is 0 Å². The first-order chi connectivity index (χ1) is 8.34. The first-order valence-corrected chi connectivity index (χ1v) is 6.76. The van der Waals surface area contributed by atoms with Crippen molar-refractivity contribution in [2.24, 2.45) is 5.92 Å². The normalized spacial score (nSPS) is 29.9. The van der Waals surface area contributed by atoms with E-state index in [1.165, 1.54) is 37.7 Å². The van der Waals surface area contributed by atoms with E-state index < -0.39 is 6.29 Å². The Morgan fingerprint density at radius 1 is 1.06 bits per heavy atom. The molecule has 0 bridgehead atoms. The van der Waals surface area contributed by atoms with E-state index in [1.807, 2.05) is 12.1 Å². The largest absolute Gasteiger partial charge is 0.364 e. The minimum atomic E-state index is -0.716. The summed E-state index contributed by atoms with van der Waals surface area (Å²) in [6, 6.07) is 8.11. The lowest BCUT2D eigenvalue weighted by molar-refractivity contribution is -0.167. The van der Waals surface area contributed by atoms with Gasteiger partial charge in [-0.15, -0.1) is 0 Å². The van der Waals surface area contributed by atoms with Crippen molar-refractivity contribution in [3.05, 3.63) is 35.4 Å². The Morgan fingerprint density at radius 3 is 2.65 bits per heavy atom. The van der Waals surface area contributed by atoms with Gasteiger partial charge >= 0.3 is 0 Å². The van der Waals surface area contributed by atoms with E-state index >= 15 is 0 Å². The van der Waals surface area contributed by atoms with E-state index in [0.717, 1.165) is 12.0 Å². The minimum absolute atomic E-state index is 0.222. The second-order valence-electron chi connectivity index (χ2n) is 5.33. The lowest BCUT2D eigenvalue weighted by atomic mass is 9.81. The number of ether oxygens (including phenoxy) is 1. The number of hydrogen-bond donors (Lipinski definition) is 1. The van der Waals surface area contributed by atoms with Crippen LogP contribution < -0.4 is 0 Å². The van der Waals surface area contributed by atoms with Crippen LogP contribution in [0.4, 0.5) is 0 Å². The fourth-order valence-electron chi connectivity index (χ4n) is 3.25. The maximum Gasteiger partial charge on any atom is 0.181 e. The molecule has 3 rings (SSSR count). The van der Waals surface area contributed by atoms with Crippen LogP contribution in [0.15, 0.2) is 24.3 Å². The summed E-state index contributed by atoms with van der Waals surface area (Å²) in [6.07, 6.45) is 7.01. The van der Waals surface area contributed by atoms with E-state index in [0.29, 0.717) is 5.92 Å². The molecule has 92 valence electrons. The first-order valence-electron chi connectivity index (χ1n) is 6.76. The molecule has 0 unspecified atom stereocenters. The van der Waals surface area contributed by atoms with E-state index in [4.69, 9.17) is 4.74 Å². The Kier molecular flexibility index (Phi) is 3.17. The highest BCUT2D eigenvalue weighted by Gasteiger charge is 2.31. The molecule has 2 heteroatoms. The molecule has 0 saturated heterocycles. The van der Waals surface area contributed by atoms with Gasteiger partial charge in [0.2, 0.25) is 0 Å². The van der Waals surface area contributed by atoms with Gasteiger partial charge in [0.05, 0.1) is 6.10 Å². The summed E-state index contributed by atoms with van der Waals surface area (Å²) in [5.74, 6) is 0.645. The lowest BCUT2D eigenvalue weighted by Gasteiger charge is -2.36. The first kappa shape index (κ1) is 11.2. The van der Waals surface area contributed by atoms with Gasteiger partial charge in [-0.3, -0.25) is 0 Å². The Morgan fingerprint density at radius 2 is 1.82 bits per heavy atom. The van der Waals surface area contributed by atoms with E-state index in [-0.39, 0.29) is 6.10 Å². The summed E-state index contributed by atoms with van der Waals surface area (Å²) in [4.78, 5) is 0. The highest BCUT2D eigenvalue weighted by atomic mass is 16.6. The molecule has 1 N–H and O–H groups in total. The lowest BCUT2D eigenvalue weighted by Crippen LogP contribution is -2.33. The van der Waals surface area contributed by atoms with Crippen molar-refractivity contribution in [3.8, 4) is 0 Å². The monoisotopic (exact) mass is 232 g/mol. The van der Waals surface area contributed by atoms with Gasteiger partial charge in [0.25, 0.3) is 0 Å². The van der Waals surface area contributed by atoms with Crippen LogP contribution >= 0.6 is 0 Å². The molecule has 1 aliphatic heterocycles. The molecule has 0 amide bonds. The van der Waals surface area contributed by atoms with E-state index in [9.17, 15) is 5.11 Å². The molecule has 1 aliphatic carbocycles. The molecule has 0 radical (unpaired) electrons. The summed E-state index contributed by atoms with van der Waals surface area (Å²) < 4.78 is 5.81. The van der Waals surface area contributed by atoms with Crippen LogP contribution in [-0.2, 0) is 11.2 Å². The third-order valence-electron chi connectivity index (χ3n) is 4.22. The van der Waals surface area contributed by atoms with Crippen molar-refractivity contribution >= 4 is 0 Å². The number of fused-ring (bicyclic) bond motifs is 1. The van der Waals surface area contributed by atoms with Crippen LogP contribution in [-0.4, -0.2) is 11.2 Å². The summed E-state index contributed by atoms with van der Waals surface area (Å²) in [6.45, 7) is 0. The van der Waals surface area contributed by atoms with Gasteiger partial charge in [-0.25, -0.2) is 0 Å². The van der Waals surface area contributed by atoms with Crippen LogP contribution in [0, 0.1) is 5.92 Å². The summed E-state index contributed by atoms with van der Waals surface area (Å²) in [5.41, 5.74) is 2.22. The molecule has 1 saturated carbocycles. The van der Waals surface area contributed by atoms with E-state index in [1.54, 1.807) is 0 Å². The predicted octanol–water partition coefficient (Wildman–Crippen LogP) is 3.20. The van der Waals surface area contributed by atoms with Gasteiger partial charge in [-0.1, -0.05) is 43.5 Å². The molecule has 2 nitrogen and oxygen atoms in total. The Bertz CT molecular complexity index is 382. The molecule has 1 aromatic rings. The van der Waals surface area contributed by atoms with Crippen LogP contribution in [0.3, 0.4) is 0 Å². The smallest absolute Gasteiger partial charge is 0.181 e. The van der Waals surface area contributed by atoms with Gasteiger partial charge < -0.3 is 9.84 Å². The predicted molar refractivity (Wildman–Crippen MR) is 66.6 cm³/mol. The molecule has 0 spiro atoms. The fourth-order valence-corrected chi connectivity index (χ4v) is 3.25. The van der Waals surface area contributed by atoms with Crippen molar-refractivity contribution < 1.29 is 9.84 Å². The van der Waals surface area contributed by atoms with Crippen LogP contribution in [0.5, 0.6) is 0 Å². The number of aliphatic hydroxyl groups is 1. The second kappa shape index (κ2) is 4.79. The third kappa shape index (κ3) is 2.24. The standard InChI is InChI=1S/C15H20O2/c16-15-13-9-5-4-8-12(13)10-14(17-15)11-6-2-1-3-7-11/h4-5,8-9,11,14-16H,1-3,6-7,10H2/t14-,15-/m1/s1. The number of aliphatic hydroxyl groups excluding tert-OH is 1. The van der Waals surface area contributed by atoms with Crippen molar-refractivity contribution in [1.29, 1.82) is 0 Å². The van der Waals surface area contributed by atoms with Crippen molar-refractivity contribution in [1.82, 2.24) is 0 Å². The fraction of sp³-hybridized carbons (Fsp3) is 0.600. The topological polar surface area (TPSA) is 29.5 Å². The SMILES string of the molecule is O[C@@H]1O[C@@H](C2CCCCC2)Cc2ccccc21. The van der Waals surface area contributed by atoms with Gasteiger partial charge in [-0.05, 0) is 30.7 Å². The maximum absolute atomic E-state index is 10.0. The zero-order chi connectivity index (χ0) is 11.7. The molecule has 2 atom stereocenters. The quantitative estimate of drug-likeness (QED) is 0.805. The molecule has 0 aromatic heterocycles. The minimum Gasteiger partial charge on any atom is -0.364 e. The van der Waals surface area contributed by atoms with Crippen molar-refractivity contribution in [2.45, 2.75) is 50.9 Å². The van der Waals surface area contributed by atoms with Crippen LogP contribution in [0.2, 0.25) is 0 Å². The zero-order valence-electron chi connectivity index (χ0n) is 10.1. The average Bonchev–Trinajstić information content (AvgIpc) is 2.40. The summed E-state index contributed by atoms with van der Waals surface area (Å²) in [5, 5.41) is 10.0. The van der Waals surface area contributed by atoms with Crippen LogP contribution in [0.1, 0.15) is 49.5 Å². The average molecular weight is 232 g/mol. The van der Waals surface area contributed by atoms with Gasteiger partial charge in [0, 0.05) is 5.56 Å². The second-order valence-corrected chi connectivity index (χ2v) is 5.33. The van der Waals surface area contributed by atoms with Gasteiger partial charge in [-0.2, -0.15) is 0 Å². The Labute approximate surface area is 103 Å². The number of rotatable bonds is 1. The molecular formula is C15H20O2. The molecular weight excluding hydrogens is 212 g/mol. The number of hydrogen-bond acceptors (Lipinski definition) is 2. The Balaban J connectivity index is 1.78. The maximum atomic E-state index is 10.0. The summed E-state index contributed by atoms with van der Waals surface area (Å²) >= 11 is 0. The van der Waals surface area contributed by atoms with E-state index in [2.05, 4.69) is 12.1 Å². The van der Waals surface area contributed by atoms with Gasteiger partial charge in [0.1, 0.15) is 0 Å². The zero-order valence-corrected chi connectivity index (χ0v) is 10.1. The molecule has 1 aromatic carbocycles. The third-order valence-corrected chi connectivity index (χ3v) is 4.22. The van der Waals surface area contributed by atoms with Crippen molar-refractivity contribution in [3.63, 3.8) is 0 Å². The molecule has 2 aliphatic rings. The Hall–Kier alpha value is -0.860. The summed E-state index contributed by atoms with van der Waals surface area (Å²) in [7, 11) is 0. The highest BCUT2D eigenvalue weighted by molar-refractivity contribution is 5.30. The van der Waals surface area contributed by atoms with Crippen LogP contribution in [0.25, 0.3) is 0 Å². The highest BCUT2D eigenvalue weighted by Crippen LogP contribution is 2.36. The molecule has 1 heterocycles. The number of benzene rings is 1. The van der Waals surface area contributed by atoms with Gasteiger partial charge in [0.15, 0.2) is 6.29 Å². The molecule has 1 fully saturated rings. The molecule has 17 heavy (non-hydrogen) atoms.